The Hall–Kier alpha value is -2.97. The van der Waals surface area contributed by atoms with Gasteiger partial charge >= 0.3 is 0 Å². The number of hydrogen-bond donors (Lipinski definition) is 0. The van der Waals surface area contributed by atoms with Gasteiger partial charge in [-0.05, 0) is 12.5 Å². The van der Waals surface area contributed by atoms with Crippen LogP contribution in [0.2, 0.25) is 5.02 Å². The Bertz CT molecular complexity index is 909. The Morgan fingerprint density at radius 1 is 1.43 bits per heavy atom. The van der Waals surface area contributed by atoms with Crippen molar-refractivity contribution in [2.45, 2.75) is 19.4 Å². The van der Waals surface area contributed by atoms with Gasteiger partial charge in [0.25, 0.3) is 11.2 Å². The largest absolute Gasteiger partial charge is 0.297 e. The standard InChI is InChI=1S/C14H10ClN5O3/c15-11-5-12-10(4-13(11)20(22)23)14(21)19(8-18-12)7-9(6-17)2-1-3-16/h4-5,8-9H,1-2,7H2/t9-/m1/s1. The first-order valence-electron chi connectivity index (χ1n) is 6.57. The number of halogens is 1. The van der Waals surface area contributed by atoms with Crippen LogP contribution >= 0.6 is 11.6 Å². The van der Waals surface area contributed by atoms with Gasteiger partial charge in [-0.3, -0.25) is 19.5 Å². The first-order valence-corrected chi connectivity index (χ1v) is 6.95. The number of aromatic nitrogens is 2. The van der Waals surface area contributed by atoms with E-state index < -0.39 is 16.4 Å². The van der Waals surface area contributed by atoms with Gasteiger partial charge in [-0.15, -0.1) is 0 Å². The first kappa shape index (κ1) is 16.4. The fourth-order valence-electron chi connectivity index (χ4n) is 2.11. The fraction of sp³-hybridized carbons (Fsp3) is 0.286. The maximum absolute atomic E-state index is 12.4. The van der Waals surface area contributed by atoms with Gasteiger partial charge in [0, 0.05) is 19.0 Å². The third-order valence-corrected chi connectivity index (χ3v) is 3.60. The number of rotatable bonds is 5. The fourth-order valence-corrected chi connectivity index (χ4v) is 2.34. The van der Waals surface area contributed by atoms with E-state index in [0.717, 1.165) is 6.07 Å². The van der Waals surface area contributed by atoms with Gasteiger partial charge < -0.3 is 0 Å². The van der Waals surface area contributed by atoms with Crippen molar-refractivity contribution in [3.63, 3.8) is 0 Å². The molecule has 0 aliphatic heterocycles. The summed E-state index contributed by atoms with van der Waals surface area (Å²) in [6.45, 7) is 0.0659. The summed E-state index contributed by atoms with van der Waals surface area (Å²) in [6, 6.07) is 6.32. The summed E-state index contributed by atoms with van der Waals surface area (Å²) in [4.78, 5) is 26.7. The van der Waals surface area contributed by atoms with Crippen LogP contribution in [0.1, 0.15) is 12.8 Å². The number of nitro benzene ring substituents is 1. The summed E-state index contributed by atoms with van der Waals surface area (Å²) in [5, 5.41) is 28.5. The summed E-state index contributed by atoms with van der Waals surface area (Å²) in [5.74, 6) is -0.520. The highest BCUT2D eigenvalue weighted by Gasteiger charge is 2.17. The molecule has 0 radical (unpaired) electrons. The predicted octanol–water partition coefficient (Wildman–Crippen LogP) is 2.40. The number of fused-ring (bicyclic) bond motifs is 1. The molecule has 0 N–H and O–H groups in total. The topological polar surface area (TPSA) is 126 Å². The van der Waals surface area contributed by atoms with Crippen LogP contribution in [0.3, 0.4) is 0 Å². The van der Waals surface area contributed by atoms with Crippen molar-refractivity contribution in [1.29, 1.82) is 10.5 Å². The molecule has 1 heterocycles. The summed E-state index contributed by atoms with van der Waals surface area (Å²) in [7, 11) is 0. The minimum atomic E-state index is -0.677. The summed E-state index contributed by atoms with van der Waals surface area (Å²) in [6.07, 6.45) is 1.80. The molecule has 0 amide bonds. The maximum atomic E-state index is 12.4. The Kier molecular flexibility index (Phi) is 4.89. The molecule has 1 aromatic heterocycles. The van der Waals surface area contributed by atoms with Crippen molar-refractivity contribution in [3.8, 4) is 12.1 Å². The molecule has 0 fully saturated rings. The minimum Gasteiger partial charge on any atom is -0.297 e. The number of nitro groups is 1. The molecule has 116 valence electrons. The van der Waals surface area contributed by atoms with E-state index in [4.69, 9.17) is 22.1 Å². The zero-order chi connectivity index (χ0) is 17.0. The van der Waals surface area contributed by atoms with Gasteiger partial charge in [0.1, 0.15) is 5.02 Å². The summed E-state index contributed by atoms with van der Waals surface area (Å²) in [5.41, 5.74) is -0.628. The Morgan fingerprint density at radius 3 is 2.78 bits per heavy atom. The van der Waals surface area contributed by atoms with E-state index in [-0.39, 0.29) is 34.6 Å². The molecule has 2 rings (SSSR count). The van der Waals surface area contributed by atoms with E-state index in [0.29, 0.717) is 6.42 Å². The monoisotopic (exact) mass is 331 g/mol. The second-order valence-corrected chi connectivity index (χ2v) is 5.21. The zero-order valence-corrected chi connectivity index (χ0v) is 12.5. The normalized spacial score (nSPS) is 11.6. The molecule has 0 saturated carbocycles. The quantitative estimate of drug-likeness (QED) is 0.611. The van der Waals surface area contributed by atoms with Crippen LogP contribution in [-0.2, 0) is 6.54 Å². The zero-order valence-electron chi connectivity index (χ0n) is 11.8. The molecule has 0 aliphatic carbocycles. The van der Waals surface area contributed by atoms with Gasteiger partial charge in [-0.25, -0.2) is 4.98 Å². The highest BCUT2D eigenvalue weighted by Crippen LogP contribution is 2.27. The molecule has 23 heavy (non-hydrogen) atoms. The van der Waals surface area contributed by atoms with Crippen molar-refractivity contribution >= 4 is 28.2 Å². The second-order valence-electron chi connectivity index (χ2n) is 4.80. The Labute approximate surface area is 135 Å². The number of nitriles is 2. The molecule has 0 aliphatic rings. The highest BCUT2D eigenvalue weighted by atomic mass is 35.5. The third-order valence-electron chi connectivity index (χ3n) is 3.29. The van der Waals surface area contributed by atoms with Crippen LogP contribution in [-0.4, -0.2) is 14.5 Å². The lowest BCUT2D eigenvalue weighted by molar-refractivity contribution is -0.384. The van der Waals surface area contributed by atoms with E-state index in [2.05, 4.69) is 4.98 Å². The summed E-state index contributed by atoms with van der Waals surface area (Å²) >= 11 is 5.79. The van der Waals surface area contributed by atoms with Crippen LogP contribution in [0.4, 0.5) is 5.69 Å². The van der Waals surface area contributed by atoms with Crippen LogP contribution in [0, 0.1) is 38.7 Å². The van der Waals surface area contributed by atoms with Crippen molar-refractivity contribution in [1.82, 2.24) is 9.55 Å². The molecular weight excluding hydrogens is 322 g/mol. The van der Waals surface area contributed by atoms with Gasteiger partial charge in [-0.1, -0.05) is 11.6 Å². The van der Waals surface area contributed by atoms with E-state index in [1.807, 2.05) is 12.1 Å². The van der Waals surface area contributed by atoms with E-state index in [1.165, 1.54) is 17.0 Å². The number of hydrogen-bond acceptors (Lipinski definition) is 6. The molecule has 8 nitrogen and oxygen atoms in total. The van der Waals surface area contributed by atoms with Crippen molar-refractivity contribution in [2.75, 3.05) is 0 Å². The van der Waals surface area contributed by atoms with Crippen LogP contribution in [0.25, 0.3) is 10.9 Å². The molecule has 0 bridgehead atoms. The molecule has 0 unspecified atom stereocenters. The van der Waals surface area contributed by atoms with Gasteiger partial charge in [0.2, 0.25) is 0 Å². The second kappa shape index (κ2) is 6.86. The molecule has 9 heteroatoms. The van der Waals surface area contributed by atoms with Crippen LogP contribution in [0.15, 0.2) is 23.3 Å². The number of nitrogens with zero attached hydrogens (tertiary/aromatic N) is 5. The third kappa shape index (κ3) is 3.44. The molecule has 0 saturated heterocycles. The molecule has 1 aromatic carbocycles. The Balaban J connectivity index is 2.48. The SMILES string of the molecule is N#CCC[C@H](C#N)Cn1cnc2cc(Cl)c([N+](=O)[O-])cc2c1=O. The van der Waals surface area contributed by atoms with Crippen LogP contribution in [0.5, 0.6) is 0 Å². The van der Waals surface area contributed by atoms with Gasteiger partial charge in [0.15, 0.2) is 0 Å². The van der Waals surface area contributed by atoms with E-state index in [1.54, 1.807) is 0 Å². The lowest BCUT2D eigenvalue weighted by Gasteiger charge is -2.10. The van der Waals surface area contributed by atoms with Crippen molar-refractivity contribution in [2.24, 2.45) is 5.92 Å². The predicted molar refractivity (Wildman–Crippen MR) is 81.6 cm³/mol. The number of benzene rings is 1. The molecular formula is C14H10ClN5O3. The first-order chi connectivity index (χ1) is 11.0. The van der Waals surface area contributed by atoms with Gasteiger partial charge in [-0.2, -0.15) is 10.5 Å². The smallest absolute Gasteiger partial charge is 0.288 e. The summed E-state index contributed by atoms with van der Waals surface area (Å²) < 4.78 is 1.21. The minimum absolute atomic E-state index is 0.0561. The van der Waals surface area contributed by atoms with Crippen LogP contribution < -0.4 is 5.56 Å². The van der Waals surface area contributed by atoms with Crippen molar-refractivity contribution < 1.29 is 4.92 Å². The van der Waals surface area contributed by atoms with E-state index in [9.17, 15) is 14.9 Å². The van der Waals surface area contributed by atoms with Gasteiger partial charge in [0.05, 0.1) is 40.2 Å². The van der Waals surface area contributed by atoms with E-state index >= 15 is 0 Å². The maximum Gasteiger partial charge on any atom is 0.288 e. The average Bonchev–Trinajstić information content (AvgIpc) is 2.52. The highest BCUT2D eigenvalue weighted by molar-refractivity contribution is 6.33. The molecule has 0 spiro atoms. The molecule has 1 atom stereocenters. The molecule has 2 aromatic rings. The van der Waals surface area contributed by atoms with Crippen molar-refractivity contribution in [3.05, 3.63) is 44.0 Å². The lowest BCUT2D eigenvalue weighted by atomic mass is 10.1. The Morgan fingerprint density at radius 2 is 2.17 bits per heavy atom. The lowest BCUT2D eigenvalue weighted by Crippen LogP contribution is -2.24. The average molecular weight is 332 g/mol.